The standard InChI is InChI=1S/C19H25BrO4.C19H26O4.CH3F/c1-8-10-4-5-13-18(3)7-12(20)15(22)9(2)11(18)6-14(21)19(13,16(8)23)17(10)24;1-9-11-4-5-14-18(3)7-6-13(20)10(2)12(18)8-15(21)19(14,16(9)22)17(11)23;1-2/h9-14,17,21,24H,1,4-7H2,2-3H3;10-12,14-15,17,21,23H,1,4-8H2,2-3H3;1H3/t9-,10+,11-,12?,13+,14-,17-,18-,19+;10-,11+,12-,14+,15-,17-,18-,19+;/m11./s1/i;;1D. The molecule has 0 radical (unpaired) electrons. The van der Waals surface area contributed by atoms with Gasteiger partial charge in [0, 0.05) is 30.1 Å². The van der Waals surface area contributed by atoms with Gasteiger partial charge in [-0.2, -0.15) is 0 Å². The van der Waals surface area contributed by atoms with Crippen molar-refractivity contribution in [3.8, 4) is 0 Å². The number of carbonyl (C=O) groups excluding carboxylic acids is 4. The zero-order valence-corrected chi connectivity index (χ0v) is 30.8. The van der Waals surface area contributed by atoms with Crippen molar-refractivity contribution in [3.05, 3.63) is 24.3 Å². The van der Waals surface area contributed by atoms with Crippen LogP contribution in [0.1, 0.15) is 86.9 Å². The van der Waals surface area contributed by atoms with Crippen LogP contribution in [0.15, 0.2) is 24.3 Å². The summed E-state index contributed by atoms with van der Waals surface area (Å²) in [5.41, 5.74) is -1.61. The molecule has 8 aliphatic carbocycles. The van der Waals surface area contributed by atoms with E-state index in [1.54, 1.807) is 0 Å². The molecule has 2 spiro atoms. The van der Waals surface area contributed by atoms with Gasteiger partial charge in [-0.15, -0.1) is 0 Å². The van der Waals surface area contributed by atoms with Gasteiger partial charge in [-0.05, 0) is 97.0 Å². The molecule has 0 aliphatic heterocycles. The van der Waals surface area contributed by atoms with Crippen molar-refractivity contribution in [2.45, 2.75) is 115 Å². The Morgan fingerprint density at radius 3 is 1.67 bits per heavy atom. The Balaban J connectivity index is 0.000000161. The first-order valence-corrected chi connectivity index (χ1v) is 19.0. The molecule has 0 aromatic carbocycles. The van der Waals surface area contributed by atoms with Crippen LogP contribution in [0.25, 0.3) is 0 Å². The summed E-state index contributed by atoms with van der Waals surface area (Å²) in [6, 6.07) is 0. The third kappa shape index (κ3) is 4.45. The van der Waals surface area contributed by atoms with E-state index in [4.69, 9.17) is 1.37 Å². The molecule has 0 amide bonds. The quantitative estimate of drug-likeness (QED) is 0.205. The van der Waals surface area contributed by atoms with E-state index in [1.165, 1.54) is 0 Å². The summed E-state index contributed by atoms with van der Waals surface area (Å²) >= 11 is 3.54. The molecule has 0 saturated heterocycles. The molecule has 10 heteroatoms. The lowest BCUT2D eigenvalue weighted by Crippen LogP contribution is -2.67. The van der Waals surface area contributed by atoms with Crippen LogP contribution in [0.5, 0.6) is 0 Å². The van der Waals surface area contributed by atoms with Crippen molar-refractivity contribution < 1.29 is 45.4 Å². The fraction of sp³-hybridized carbons (Fsp3) is 0.795. The Morgan fingerprint density at radius 1 is 0.776 bits per heavy atom. The topological polar surface area (TPSA) is 149 Å². The summed E-state index contributed by atoms with van der Waals surface area (Å²) in [5, 5.41) is 43.9. The Kier molecular flexibility index (Phi) is 8.94. The Hall–Kier alpha value is -1.59. The maximum Gasteiger partial charge on any atom is 0.170 e. The molecule has 8 rings (SSSR count). The number of Topliss-reactive ketones (excluding diaryl/α,β-unsaturated/α-hetero) is 4. The zero-order chi connectivity index (χ0) is 37.0. The first-order valence-electron chi connectivity index (χ1n) is 18.8. The van der Waals surface area contributed by atoms with Crippen LogP contribution in [-0.2, 0) is 19.2 Å². The molecule has 49 heavy (non-hydrogen) atoms. The van der Waals surface area contributed by atoms with Crippen molar-refractivity contribution in [1.29, 1.82) is 0 Å². The monoisotopic (exact) mass is 749 g/mol. The predicted octanol–water partition coefficient (Wildman–Crippen LogP) is 4.73. The highest BCUT2D eigenvalue weighted by Gasteiger charge is 2.75. The summed E-state index contributed by atoms with van der Waals surface area (Å²) in [4.78, 5) is 50.6. The Labute approximate surface area is 298 Å². The van der Waals surface area contributed by atoms with Crippen molar-refractivity contribution in [3.63, 3.8) is 0 Å². The fourth-order valence-corrected chi connectivity index (χ4v) is 14.7. The molecule has 272 valence electrons. The van der Waals surface area contributed by atoms with E-state index in [0.29, 0.717) is 36.8 Å². The van der Waals surface area contributed by atoms with Crippen LogP contribution in [0.4, 0.5) is 4.39 Å². The van der Waals surface area contributed by atoms with Crippen LogP contribution in [0, 0.1) is 69.0 Å². The minimum atomic E-state index is -1.11. The van der Waals surface area contributed by atoms with Gasteiger partial charge in [0.05, 0.1) is 48.6 Å². The summed E-state index contributed by atoms with van der Waals surface area (Å²) in [7, 11) is -1.00. The summed E-state index contributed by atoms with van der Waals surface area (Å²) in [6.07, 6.45) is 2.51. The number of fused-ring (bicyclic) bond motifs is 6. The van der Waals surface area contributed by atoms with Crippen molar-refractivity contribution in [1.82, 2.24) is 0 Å². The lowest BCUT2D eigenvalue weighted by molar-refractivity contribution is -0.214. The van der Waals surface area contributed by atoms with Gasteiger partial charge in [0.15, 0.2) is 11.6 Å². The molecule has 4 bridgehead atoms. The first-order chi connectivity index (χ1) is 23.3. The molecule has 1 unspecified atom stereocenters. The van der Waals surface area contributed by atoms with Crippen molar-refractivity contribution in [2.24, 2.45) is 69.0 Å². The molecule has 8 fully saturated rings. The number of hydrogen-bond acceptors (Lipinski definition) is 8. The van der Waals surface area contributed by atoms with E-state index in [-0.39, 0.29) is 86.1 Å². The number of carbonyl (C=O) groups is 4. The average molecular weight is 751 g/mol. The van der Waals surface area contributed by atoms with Crippen LogP contribution in [0.3, 0.4) is 0 Å². The number of alkyl halides is 2. The van der Waals surface area contributed by atoms with Gasteiger partial charge in [-0.1, -0.05) is 56.8 Å². The highest BCUT2D eigenvalue weighted by molar-refractivity contribution is 9.10. The van der Waals surface area contributed by atoms with Crippen molar-refractivity contribution >= 4 is 39.1 Å². The fourth-order valence-electron chi connectivity index (χ4n) is 13.6. The van der Waals surface area contributed by atoms with Gasteiger partial charge in [-0.25, -0.2) is 0 Å². The lowest BCUT2D eigenvalue weighted by atomic mass is 9.42. The highest BCUT2D eigenvalue weighted by Crippen LogP contribution is 2.70. The average Bonchev–Trinajstić information content (AvgIpc) is 3.23. The minimum Gasteiger partial charge on any atom is -0.392 e. The van der Waals surface area contributed by atoms with Crippen molar-refractivity contribution in [2.75, 3.05) is 7.15 Å². The van der Waals surface area contributed by atoms with Crippen LogP contribution in [0.2, 0.25) is 0 Å². The largest absolute Gasteiger partial charge is 0.392 e. The molecule has 17 atom stereocenters. The predicted molar refractivity (Wildman–Crippen MR) is 184 cm³/mol. The molecular weight excluding hydrogens is 695 g/mol. The SMILES string of the molecule is C=C1C(=O)[C@@]23[C@H](O)C[C@@H]4[C@@H](C)C(=O)C(Br)C[C@@]4(C)[C@@H]2CC[C@@H]1[C@H]3O.C=C1C(=O)[C@@]23[C@H](O)C[C@@H]4[C@@H](C)C(=O)CC[C@@]4(C)[C@@H]2CC[C@@H]1[C@H]3O.[2H]CF. The maximum atomic E-state index is 13.1. The summed E-state index contributed by atoms with van der Waals surface area (Å²) < 4.78 is 15.5. The number of aliphatic hydroxyl groups excluding tert-OH is 4. The maximum absolute atomic E-state index is 13.1. The normalized spacial score (nSPS) is 54.3. The van der Waals surface area contributed by atoms with E-state index in [9.17, 15) is 44.0 Å². The van der Waals surface area contributed by atoms with Gasteiger partial charge in [0.2, 0.25) is 0 Å². The second kappa shape index (κ2) is 12.2. The Morgan fingerprint density at radius 2 is 1.20 bits per heavy atom. The smallest absolute Gasteiger partial charge is 0.170 e. The second-order valence-corrected chi connectivity index (χ2v) is 18.4. The minimum absolute atomic E-state index is 0.0508. The van der Waals surface area contributed by atoms with E-state index in [0.717, 1.165) is 32.1 Å². The number of halogens is 2. The van der Waals surface area contributed by atoms with Gasteiger partial charge >= 0.3 is 0 Å². The molecule has 0 heterocycles. The van der Waals surface area contributed by atoms with Crippen LogP contribution < -0.4 is 0 Å². The molecule has 8 aliphatic rings. The van der Waals surface area contributed by atoms with E-state index < -0.39 is 42.4 Å². The van der Waals surface area contributed by atoms with Gasteiger partial charge in [0.25, 0.3) is 0 Å². The van der Waals surface area contributed by atoms with Crippen LogP contribution in [-0.4, -0.2) is 80.0 Å². The third-order valence-electron chi connectivity index (χ3n) is 16.0. The zero-order valence-electron chi connectivity index (χ0n) is 30.2. The number of rotatable bonds is 0. The third-order valence-corrected chi connectivity index (χ3v) is 16.8. The van der Waals surface area contributed by atoms with Gasteiger partial charge < -0.3 is 20.4 Å². The number of hydrogen-bond donors (Lipinski definition) is 4. The van der Waals surface area contributed by atoms with Gasteiger partial charge in [0.1, 0.15) is 11.6 Å². The molecule has 0 aromatic heterocycles. The lowest BCUT2D eigenvalue weighted by Gasteiger charge is -2.63. The molecule has 4 N–H and O–H groups in total. The molecular formula is C39H54BrFO8. The van der Waals surface area contributed by atoms with E-state index in [1.807, 2.05) is 13.8 Å². The van der Waals surface area contributed by atoms with Crippen LogP contribution >= 0.6 is 15.9 Å². The highest BCUT2D eigenvalue weighted by atomic mass is 79.9. The number of aliphatic hydroxyl groups is 4. The summed E-state index contributed by atoms with van der Waals surface area (Å²) in [5.74, 6) is -0.435. The number of ketones is 4. The van der Waals surface area contributed by atoms with E-state index in [2.05, 4.69) is 42.9 Å². The van der Waals surface area contributed by atoms with Gasteiger partial charge in [-0.3, -0.25) is 23.6 Å². The first kappa shape index (κ1) is 35.8. The molecule has 8 nitrogen and oxygen atoms in total. The Bertz CT molecular complexity index is 1500. The summed E-state index contributed by atoms with van der Waals surface area (Å²) in [6.45, 7) is 16.1. The second-order valence-electron chi connectivity index (χ2n) is 17.3. The molecule has 8 saturated carbocycles. The molecule has 0 aromatic rings. The van der Waals surface area contributed by atoms with E-state index >= 15 is 0 Å².